The molecular weight excluding hydrogens is 264 g/mol. The highest BCUT2D eigenvalue weighted by molar-refractivity contribution is 7.90. The average molecular weight is 288 g/mol. The van der Waals surface area contributed by atoms with Crippen LogP contribution in [0.5, 0.6) is 0 Å². The second-order valence-electron chi connectivity index (χ2n) is 5.87. The van der Waals surface area contributed by atoms with E-state index in [9.17, 15) is 13.2 Å². The van der Waals surface area contributed by atoms with Crippen LogP contribution in [-0.2, 0) is 14.6 Å². The minimum absolute atomic E-state index is 0.0114. The summed E-state index contributed by atoms with van der Waals surface area (Å²) >= 11 is 0. The van der Waals surface area contributed by atoms with Crippen molar-refractivity contribution in [3.05, 3.63) is 0 Å². The molecule has 1 amide bonds. The number of fused-ring (bicyclic) bond motifs is 1. The van der Waals surface area contributed by atoms with Crippen LogP contribution in [0.1, 0.15) is 38.5 Å². The minimum Gasteiger partial charge on any atom is -0.354 e. The predicted octanol–water partition coefficient (Wildman–Crippen LogP) is 0.458. The first-order valence-electron chi connectivity index (χ1n) is 7.17. The van der Waals surface area contributed by atoms with E-state index in [0.717, 1.165) is 25.2 Å². The molecule has 0 spiro atoms. The lowest BCUT2D eigenvalue weighted by molar-refractivity contribution is -0.124. The van der Waals surface area contributed by atoms with Crippen LogP contribution in [0, 0.1) is 5.92 Å². The first-order valence-corrected chi connectivity index (χ1v) is 9.23. The Morgan fingerprint density at radius 3 is 2.68 bits per heavy atom. The van der Waals surface area contributed by atoms with Crippen molar-refractivity contribution in [1.82, 2.24) is 10.6 Å². The maximum Gasteiger partial charge on any atom is 0.237 e. The Morgan fingerprint density at radius 1 is 1.21 bits per heavy atom. The molecule has 2 aliphatic rings. The van der Waals surface area contributed by atoms with E-state index in [-0.39, 0.29) is 24.2 Å². The summed E-state index contributed by atoms with van der Waals surface area (Å²) < 4.78 is 22.0. The zero-order chi connectivity index (χ0) is 13.9. The van der Waals surface area contributed by atoms with Gasteiger partial charge in [0.25, 0.3) is 0 Å². The molecule has 0 bridgehead atoms. The molecular formula is C13H24N2O3S. The molecule has 0 aromatic carbocycles. The van der Waals surface area contributed by atoms with Gasteiger partial charge in [-0.05, 0) is 31.6 Å². The molecule has 2 N–H and O–H groups in total. The highest BCUT2D eigenvalue weighted by atomic mass is 32.2. The Kier molecular flexibility index (Phi) is 4.84. The summed E-state index contributed by atoms with van der Waals surface area (Å²) in [7, 11) is -3.00. The third-order valence-corrected chi connectivity index (χ3v) is 5.18. The Labute approximate surface area is 115 Å². The van der Waals surface area contributed by atoms with Crippen molar-refractivity contribution in [2.24, 2.45) is 5.92 Å². The van der Waals surface area contributed by atoms with Crippen LogP contribution in [0.25, 0.3) is 0 Å². The largest absolute Gasteiger partial charge is 0.354 e. The van der Waals surface area contributed by atoms with Crippen molar-refractivity contribution in [3.8, 4) is 0 Å². The summed E-state index contributed by atoms with van der Waals surface area (Å²) in [5.74, 6) is 0.693. The lowest BCUT2D eigenvalue weighted by Crippen LogP contribution is -2.55. The van der Waals surface area contributed by atoms with Crippen molar-refractivity contribution in [2.45, 2.75) is 50.6 Å². The number of piperidine rings is 1. The number of nitrogens with one attached hydrogen (secondary N) is 2. The van der Waals surface area contributed by atoms with Gasteiger partial charge in [0, 0.05) is 18.8 Å². The Bertz CT molecular complexity index is 422. The van der Waals surface area contributed by atoms with E-state index in [4.69, 9.17) is 0 Å². The van der Waals surface area contributed by atoms with Gasteiger partial charge in [-0.3, -0.25) is 4.79 Å². The van der Waals surface area contributed by atoms with Gasteiger partial charge in [0.1, 0.15) is 9.84 Å². The van der Waals surface area contributed by atoms with Gasteiger partial charge in [0.05, 0.1) is 11.8 Å². The first kappa shape index (κ1) is 14.8. The molecule has 1 saturated heterocycles. The van der Waals surface area contributed by atoms with Crippen LogP contribution < -0.4 is 10.6 Å². The highest BCUT2D eigenvalue weighted by Crippen LogP contribution is 2.32. The minimum atomic E-state index is -3.00. The standard InChI is InChI=1S/C13H24N2O3S/c1-19(17,18)9-8-14-13(16)12-7-6-10-4-2-3-5-11(10)15-12/h10-12,15H,2-9H2,1H3,(H,14,16). The van der Waals surface area contributed by atoms with E-state index in [0.29, 0.717) is 6.04 Å². The number of rotatable bonds is 4. The number of sulfone groups is 1. The molecule has 2 fully saturated rings. The molecule has 1 saturated carbocycles. The number of hydrogen-bond donors (Lipinski definition) is 2. The quantitative estimate of drug-likeness (QED) is 0.788. The van der Waals surface area contributed by atoms with Gasteiger partial charge in [-0.1, -0.05) is 12.8 Å². The van der Waals surface area contributed by atoms with Gasteiger partial charge in [-0.2, -0.15) is 0 Å². The molecule has 1 aliphatic carbocycles. The molecule has 1 aliphatic heterocycles. The van der Waals surface area contributed by atoms with Crippen LogP contribution >= 0.6 is 0 Å². The summed E-state index contributed by atoms with van der Waals surface area (Å²) in [6, 6.07) is 0.340. The van der Waals surface area contributed by atoms with Gasteiger partial charge in [-0.25, -0.2) is 8.42 Å². The lowest BCUT2D eigenvalue weighted by atomic mass is 9.77. The molecule has 1 heterocycles. The molecule has 5 nitrogen and oxygen atoms in total. The molecule has 0 aromatic heterocycles. The van der Waals surface area contributed by atoms with Crippen molar-refractivity contribution >= 4 is 15.7 Å². The summed E-state index contributed by atoms with van der Waals surface area (Å²) in [6.07, 6.45) is 8.17. The number of carbonyl (C=O) groups excluding carboxylic acids is 1. The summed E-state index contributed by atoms with van der Waals surface area (Å²) in [6.45, 7) is 0.212. The smallest absolute Gasteiger partial charge is 0.237 e. The van der Waals surface area contributed by atoms with Crippen molar-refractivity contribution in [1.29, 1.82) is 0 Å². The van der Waals surface area contributed by atoms with E-state index in [1.165, 1.54) is 25.5 Å². The predicted molar refractivity (Wildman–Crippen MR) is 74.6 cm³/mol. The molecule has 3 atom stereocenters. The van der Waals surface area contributed by atoms with Gasteiger partial charge in [0.2, 0.25) is 5.91 Å². The fourth-order valence-electron chi connectivity index (χ4n) is 3.18. The van der Waals surface area contributed by atoms with Crippen molar-refractivity contribution in [2.75, 3.05) is 18.6 Å². The van der Waals surface area contributed by atoms with E-state index < -0.39 is 9.84 Å². The monoisotopic (exact) mass is 288 g/mol. The first-order chi connectivity index (χ1) is 8.96. The molecule has 110 valence electrons. The topological polar surface area (TPSA) is 75.3 Å². The number of carbonyl (C=O) groups is 1. The Hall–Kier alpha value is -0.620. The third-order valence-electron chi connectivity index (χ3n) is 4.24. The number of amides is 1. The van der Waals surface area contributed by atoms with Crippen LogP contribution in [0.15, 0.2) is 0 Å². The lowest BCUT2D eigenvalue weighted by Gasteiger charge is -2.39. The van der Waals surface area contributed by atoms with Crippen molar-refractivity contribution < 1.29 is 13.2 Å². The molecule has 2 rings (SSSR count). The highest BCUT2D eigenvalue weighted by Gasteiger charge is 2.34. The van der Waals surface area contributed by atoms with E-state index >= 15 is 0 Å². The second-order valence-corrected chi connectivity index (χ2v) is 8.13. The molecule has 19 heavy (non-hydrogen) atoms. The zero-order valence-corrected chi connectivity index (χ0v) is 12.3. The van der Waals surface area contributed by atoms with Crippen LogP contribution in [0.3, 0.4) is 0 Å². The van der Waals surface area contributed by atoms with Gasteiger partial charge < -0.3 is 10.6 Å². The second kappa shape index (κ2) is 6.22. The third kappa shape index (κ3) is 4.45. The fraction of sp³-hybridized carbons (Fsp3) is 0.923. The van der Waals surface area contributed by atoms with E-state index in [1.807, 2.05) is 0 Å². The average Bonchev–Trinajstić information content (AvgIpc) is 2.36. The van der Waals surface area contributed by atoms with Crippen molar-refractivity contribution in [3.63, 3.8) is 0 Å². The Morgan fingerprint density at radius 2 is 1.95 bits per heavy atom. The number of hydrogen-bond acceptors (Lipinski definition) is 4. The SMILES string of the molecule is CS(=O)(=O)CCNC(=O)C1CCC2CCCCC2N1. The molecule has 0 aromatic rings. The Balaban J connectivity index is 1.77. The van der Waals surface area contributed by atoms with Gasteiger partial charge in [0.15, 0.2) is 0 Å². The fourth-order valence-corrected chi connectivity index (χ4v) is 3.66. The van der Waals surface area contributed by atoms with Gasteiger partial charge >= 0.3 is 0 Å². The van der Waals surface area contributed by atoms with E-state index in [2.05, 4.69) is 10.6 Å². The van der Waals surface area contributed by atoms with Crippen LogP contribution in [0.2, 0.25) is 0 Å². The van der Waals surface area contributed by atoms with Crippen LogP contribution in [0.4, 0.5) is 0 Å². The summed E-state index contributed by atoms with van der Waals surface area (Å²) in [5.41, 5.74) is 0. The molecule has 0 radical (unpaired) electrons. The van der Waals surface area contributed by atoms with Crippen LogP contribution in [-0.4, -0.2) is 45.0 Å². The summed E-state index contributed by atoms with van der Waals surface area (Å²) in [5, 5.41) is 6.17. The normalized spacial score (nSPS) is 31.5. The zero-order valence-electron chi connectivity index (χ0n) is 11.5. The van der Waals surface area contributed by atoms with Gasteiger partial charge in [-0.15, -0.1) is 0 Å². The molecule has 3 unspecified atom stereocenters. The van der Waals surface area contributed by atoms with E-state index in [1.54, 1.807) is 0 Å². The maximum absolute atomic E-state index is 12.0. The summed E-state index contributed by atoms with van der Waals surface area (Å²) in [4.78, 5) is 12.0. The maximum atomic E-state index is 12.0. The molecule has 6 heteroatoms.